The van der Waals surface area contributed by atoms with Crippen LogP contribution in [0, 0.1) is 5.82 Å². The van der Waals surface area contributed by atoms with Gasteiger partial charge in [0, 0.05) is 5.56 Å². The van der Waals surface area contributed by atoms with Gasteiger partial charge in [0.25, 0.3) is 5.91 Å². The van der Waals surface area contributed by atoms with Gasteiger partial charge in [0.15, 0.2) is 0 Å². The van der Waals surface area contributed by atoms with Crippen LogP contribution in [-0.4, -0.2) is 11.6 Å². The molecule has 3 nitrogen and oxygen atoms in total. The Bertz CT molecular complexity index is 711. The maximum atomic E-state index is 12.9. The van der Waals surface area contributed by atoms with Crippen LogP contribution in [0.3, 0.4) is 0 Å². The number of carbonyl (C=O) groups excluding carboxylic acids is 1. The van der Waals surface area contributed by atoms with Crippen molar-refractivity contribution in [3.05, 3.63) is 71.0 Å². The SMILES string of the molecule is C/C(=N/NC(=O)c1ccc(C(C)(C)C)cc1)c1ccc(F)cc1. The topological polar surface area (TPSA) is 41.5 Å². The Morgan fingerprint density at radius 2 is 1.48 bits per heavy atom. The number of benzene rings is 2. The average molecular weight is 312 g/mol. The van der Waals surface area contributed by atoms with E-state index < -0.39 is 0 Å². The fourth-order valence-electron chi connectivity index (χ4n) is 2.08. The van der Waals surface area contributed by atoms with Crippen molar-refractivity contribution in [1.82, 2.24) is 5.43 Å². The number of amides is 1. The monoisotopic (exact) mass is 312 g/mol. The number of hydrogen-bond donors (Lipinski definition) is 1. The van der Waals surface area contributed by atoms with Crippen molar-refractivity contribution in [2.45, 2.75) is 33.1 Å². The lowest BCUT2D eigenvalue weighted by atomic mass is 9.87. The summed E-state index contributed by atoms with van der Waals surface area (Å²) in [6.07, 6.45) is 0. The molecule has 0 spiro atoms. The van der Waals surface area contributed by atoms with Crippen molar-refractivity contribution in [2.75, 3.05) is 0 Å². The van der Waals surface area contributed by atoms with Crippen LogP contribution in [-0.2, 0) is 5.41 Å². The molecule has 0 fully saturated rings. The summed E-state index contributed by atoms with van der Waals surface area (Å²) in [6.45, 7) is 8.13. The Labute approximate surface area is 136 Å². The normalized spacial score (nSPS) is 12.1. The highest BCUT2D eigenvalue weighted by atomic mass is 19.1. The second-order valence-corrected chi connectivity index (χ2v) is 6.47. The Morgan fingerprint density at radius 1 is 0.957 bits per heavy atom. The third kappa shape index (κ3) is 4.49. The van der Waals surface area contributed by atoms with Crippen LogP contribution < -0.4 is 5.43 Å². The zero-order valence-electron chi connectivity index (χ0n) is 13.9. The van der Waals surface area contributed by atoms with Gasteiger partial charge in [-0.05, 0) is 47.7 Å². The number of nitrogens with zero attached hydrogens (tertiary/aromatic N) is 1. The Morgan fingerprint density at radius 3 is 2.00 bits per heavy atom. The molecule has 23 heavy (non-hydrogen) atoms. The minimum absolute atomic E-state index is 0.0479. The zero-order chi connectivity index (χ0) is 17.0. The van der Waals surface area contributed by atoms with Gasteiger partial charge in [-0.25, -0.2) is 9.82 Å². The van der Waals surface area contributed by atoms with Gasteiger partial charge in [-0.15, -0.1) is 0 Å². The lowest BCUT2D eigenvalue weighted by molar-refractivity contribution is 0.0955. The Balaban J connectivity index is 2.07. The smallest absolute Gasteiger partial charge is 0.267 e. The fraction of sp³-hybridized carbons (Fsp3) is 0.263. The van der Waals surface area contributed by atoms with E-state index in [-0.39, 0.29) is 17.1 Å². The summed E-state index contributed by atoms with van der Waals surface area (Å²) in [5.41, 5.74) is 5.66. The quantitative estimate of drug-likeness (QED) is 0.667. The molecule has 0 saturated heterocycles. The van der Waals surface area contributed by atoms with Gasteiger partial charge in [-0.1, -0.05) is 45.0 Å². The first-order valence-corrected chi connectivity index (χ1v) is 7.48. The summed E-state index contributed by atoms with van der Waals surface area (Å²) < 4.78 is 12.9. The van der Waals surface area contributed by atoms with Crippen LogP contribution in [0.2, 0.25) is 0 Å². The van der Waals surface area contributed by atoms with E-state index in [1.807, 2.05) is 12.1 Å². The first kappa shape index (κ1) is 16.9. The first-order chi connectivity index (χ1) is 10.8. The minimum Gasteiger partial charge on any atom is -0.267 e. The molecule has 0 heterocycles. The average Bonchev–Trinajstić information content (AvgIpc) is 2.52. The standard InChI is InChI=1S/C19H21FN2O/c1-13(14-7-11-17(20)12-8-14)21-22-18(23)15-5-9-16(10-6-15)19(2,3)4/h5-12H,1-4H3,(H,22,23)/b21-13-. The van der Waals surface area contributed by atoms with E-state index in [4.69, 9.17) is 0 Å². The highest BCUT2D eigenvalue weighted by Gasteiger charge is 2.14. The van der Waals surface area contributed by atoms with Crippen molar-refractivity contribution in [3.8, 4) is 0 Å². The van der Waals surface area contributed by atoms with E-state index in [2.05, 4.69) is 31.3 Å². The molecule has 4 heteroatoms. The number of halogens is 1. The molecular formula is C19H21FN2O. The molecule has 1 amide bonds. The van der Waals surface area contributed by atoms with Crippen molar-refractivity contribution < 1.29 is 9.18 Å². The van der Waals surface area contributed by atoms with Gasteiger partial charge in [0.1, 0.15) is 5.82 Å². The molecule has 0 aliphatic carbocycles. The molecular weight excluding hydrogens is 291 g/mol. The molecule has 0 aromatic heterocycles. The number of carbonyl (C=O) groups is 1. The molecule has 2 aromatic rings. The molecule has 1 N–H and O–H groups in total. The molecule has 0 atom stereocenters. The molecule has 2 rings (SSSR count). The van der Waals surface area contributed by atoms with Gasteiger partial charge in [0.2, 0.25) is 0 Å². The van der Waals surface area contributed by atoms with E-state index in [9.17, 15) is 9.18 Å². The maximum absolute atomic E-state index is 12.9. The third-order valence-corrected chi connectivity index (χ3v) is 3.60. The van der Waals surface area contributed by atoms with Gasteiger partial charge in [0.05, 0.1) is 5.71 Å². The van der Waals surface area contributed by atoms with Gasteiger partial charge in [-0.2, -0.15) is 5.10 Å². The number of hydrazone groups is 1. The predicted octanol–water partition coefficient (Wildman–Crippen LogP) is 4.28. The van der Waals surface area contributed by atoms with Gasteiger partial charge >= 0.3 is 0 Å². The summed E-state index contributed by atoms with van der Waals surface area (Å²) in [6, 6.07) is 13.5. The molecule has 2 aromatic carbocycles. The molecule has 0 aliphatic rings. The molecule has 0 radical (unpaired) electrons. The van der Waals surface area contributed by atoms with Crippen molar-refractivity contribution in [1.29, 1.82) is 0 Å². The second-order valence-electron chi connectivity index (χ2n) is 6.47. The van der Waals surface area contributed by atoms with Crippen molar-refractivity contribution in [2.24, 2.45) is 5.10 Å². The van der Waals surface area contributed by atoms with Crippen LogP contribution in [0.5, 0.6) is 0 Å². The van der Waals surface area contributed by atoms with E-state index in [0.29, 0.717) is 11.3 Å². The fourth-order valence-corrected chi connectivity index (χ4v) is 2.08. The third-order valence-electron chi connectivity index (χ3n) is 3.60. The van der Waals surface area contributed by atoms with E-state index >= 15 is 0 Å². The molecule has 120 valence electrons. The molecule has 0 aliphatic heterocycles. The van der Waals surface area contributed by atoms with Crippen molar-refractivity contribution in [3.63, 3.8) is 0 Å². The summed E-state index contributed by atoms with van der Waals surface area (Å²) in [5.74, 6) is -0.573. The summed E-state index contributed by atoms with van der Waals surface area (Å²) in [5, 5.41) is 4.07. The Hall–Kier alpha value is -2.49. The lowest BCUT2D eigenvalue weighted by Crippen LogP contribution is -2.20. The van der Waals surface area contributed by atoms with E-state index in [0.717, 1.165) is 5.56 Å². The summed E-state index contributed by atoms with van der Waals surface area (Å²) in [4.78, 5) is 12.1. The first-order valence-electron chi connectivity index (χ1n) is 7.48. The molecule has 0 unspecified atom stereocenters. The Kier molecular flexibility index (Phi) is 4.94. The second kappa shape index (κ2) is 6.73. The number of hydrogen-bond acceptors (Lipinski definition) is 2. The van der Waals surface area contributed by atoms with E-state index in [1.165, 1.54) is 17.7 Å². The zero-order valence-corrected chi connectivity index (χ0v) is 13.9. The minimum atomic E-state index is -0.301. The largest absolute Gasteiger partial charge is 0.271 e. The van der Waals surface area contributed by atoms with E-state index in [1.54, 1.807) is 31.2 Å². The number of nitrogens with one attached hydrogen (secondary N) is 1. The lowest BCUT2D eigenvalue weighted by Gasteiger charge is -2.18. The molecule has 0 bridgehead atoms. The number of rotatable bonds is 3. The van der Waals surface area contributed by atoms with Crippen LogP contribution in [0.15, 0.2) is 53.6 Å². The predicted molar refractivity (Wildman–Crippen MR) is 91.2 cm³/mol. The molecule has 0 saturated carbocycles. The van der Waals surface area contributed by atoms with Crippen LogP contribution >= 0.6 is 0 Å². The van der Waals surface area contributed by atoms with Crippen LogP contribution in [0.1, 0.15) is 49.2 Å². The van der Waals surface area contributed by atoms with Crippen molar-refractivity contribution >= 4 is 11.6 Å². The van der Waals surface area contributed by atoms with Crippen LogP contribution in [0.4, 0.5) is 4.39 Å². The highest BCUT2D eigenvalue weighted by molar-refractivity contribution is 6.00. The highest BCUT2D eigenvalue weighted by Crippen LogP contribution is 2.22. The summed E-state index contributed by atoms with van der Waals surface area (Å²) >= 11 is 0. The van der Waals surface area contributed by atoms with Gasteiger partial charge < -0.3 is 0 Å². The van der Waals surface area contributed by atoms with Crippen LogP contribution in [0.25, 0.3) is 0 Å². The summed E-state index contributed by atoms with van der Waals surface area (Å²) in [7, 11) is 0. The maximum Gasteiger partial charge on any atom is 0.271 e. The van der Waals surface area contributed by atoms with Gasteiger partial charge in [-0.3, -0.25) is 4.79 Å².